The maximum absolute atomic E-state index is 12.5. The number of benzene rings is 1. The Hall–Kier alpha value is -1.79. The SMILES string of the molecule is CC1(C)CCCC1C(=O)Nc1ccccc1C#CCN. The van der Waals surface area contributed by atoms with Gasteiger partial charge in [0.15, 0.2) is 0 Å². The van der Waals surface area contributed by atoms with Crippen LogP contribution >= 0.6 is 0 Å². The van der Waals surface area contributed by atoms with Crippen LogP contribution in [-0.4, -0.2) is 12.5 Å². The Labute approximate surface area is 120 Å². The zero-order valence-corrected chi connectivity index (χ0v) is 12.2. The van der Waals surface area contributed by atoms with E-state index in [-0.39, 0.29) is 17.2 Å². The Morgan fingerprint density at radius 3 is 2.85 bits per heavy atom. The van der Waals surface area contributed by atoms with Gasteiger partial charge < -0.3 is 11.1 Å². The smallest absolute Gasteiger partial charge is 0.228 e. The number of carbonyl (C=O) groups is 1. The molecule has 0 saturated heterocycles. The minimum Gasteiger partial charge on any atom is -0.325 e. The van der Waals surface area contributed by atoms with Crippen LogP contribution in [0.15, 0.2) is 24.3 Å². The number of nitrogens with one attached hydrogen (secondary N) is 1. The van der Waals surface area contributed by atoms with Crippen molar-refractivity contribution in [1.29, 1.82) is 0 Å². The van der Waals surface area contributed by atoms with E-state index in [1.54, 1.807) is 0 Å². The molecule has 3 N–H and O–H groups in total. The van der Waals surface area contributed by atoms with Crippen molar-refractivity contribution in [2.24, 2.45) is 17.1 Å². The normalized spacial score (nSPS) is 20.1. The van der Waals surface area contributed by atoms with E-state index in [2.05, 4.69) is 31.0 Å². The summed E-state index contributed by atoms with van der Waals surface area (Å²) in [7, 11) is 0. The summed E-state index contributed by atoms with van der Waals surface area (Å²) in [6.07, 6.45) is 3.20. The van der Waals surface area contributed by atoms with Crippen LogP contribution in [0.4, 0.5) is 5.69 Å². The third-order valence-electron chi connectivity index (χ3n) is 4.08. The van der Waals surface area contributed by atoms with Gasteiger partial charge in [-0.05, 0) is 30.4 Å². The molecule has 1 aromatic rings. The molecule has 1 aliphatic rings. The highest BCUT2D eigenvalue weighted by Gasteiger charge is 2.39. The van der Waals surface area contributed by atoms with Gasteiger partial charge in [0, 0.05) is 11.5 Å². The van der Waals surface area contributed by atoms with Gasteiger partial charge >= 0.3 is 0 Å². The molecule has 3 nitrogen and oxygen atoms in total. The molecule has 1 unspecified atom stereocenters. The third kappa shape index (κ3) is 3.20. The highest BCUT2D eigenvalue weighted by Crippen LogP contribution is 2.43. The summed E-state index contributed by atoms with van der Waals surface area (Å²) in [4.78, 5) is 12.5. The van der Waals surface area contributed by atoms with Crippen LogP contribution in [0.1, 0.15) is 38.7 Å². The molecule has 3 heteroatoms. The van der Waals surface area contributed by atoms with Gasteiger partial charge in [0.2, 0.25) is 5.91 Å². The second kappa shape index (κ2) is 6.11. The number of anilines is 1. The molecular formula is C17H22N2O. The van der Waals surface area contributed by atoms with Gasteiger partial charge in [-0.15, -0.1) is 0 Å². The van der Waals surface area contributed by atoms with Crippen LogP contribution in [0, 0.1) is 23.2 Å². The van der Waals surface area contributed by atoms with Gasteiger partial charge in [0.05, 0.1) is 12.2 Å². The van der Waals surface area contributed by atoms with Gasteiger partial charge in [-0.3, -0.25) is 4.79 Å². The summed E-state index contributed by atoms with van der Waals surface area (Å²) < 4.78 is 0. The van der Waals surface area contributed by atoms with E-state index in [9.17, 15) is 4.79 Å². The monoisotopic (exact) mass is 270 g/mol. The zero-order chi connectivity index (χ0) is 14.6. The predicted octanol–water partition coefficient (Wildman–Crippen LogP) is 2.76. The van der Waals surface area contributed by atoms with Crippen LogP contribution in [-0.2, 0) is 4.79 Å². The fourth-order valence-electron chi connectivity index (χ4n) is 2.88. The van der Waals surface area contributed by atoms with Gasteiger partial charge in [-0.1, -0.05) is 44.2 Å². The Morgan fingerprint density at radius 1 is 1.45 bits per heavy atom. The molecule has 1 atom stereocenters. The minimum absolute atomic E-state index is 0.0815. The summed E-state index contributed by atoms with van der Waals surface area (Å²) in [5, 5.41) is 3.03. The lowest BCUT2D eigenvalue weighted by Crippen LogP contribution is -2.31. The van der Waals surface area contributed by atoms with Crippen molar-refractivity contribution in [1.82, 2.24) is 0 Å². The molecule has 0 spiro atoms. The number of hydrogen-bond donors (Lipinski definition) is 2. The molecule has 20 heavy (non-hydrogen) atoms. The lowest BCUT2D eigenvalue weighted by atomic mass is 9.81. The highest BCUT2D eigenvalue weighted by molar-refractivity contribution is 5.94. The molecule has 1 saturated carbocycles. The molecule has 106 valence electrons. The van der Waals surface area contributed by atoms with Crippen LogP contribution in [0.2, 0.25) is 0 Å². The van der Waals surface area contributed by atoms with Crippen LogP contribution in [0.5, 0.6) is 0 Å². The Balaban J connectivity index is 2.16. The molecule has 0 aromatic heterocycles. The number of para-hydroxylation sites is 1. The first-order valence-electron chi connectivity index (χ1n) is 7.13. The Kier molecular flexibility index (Phi) is 4.46. The average molecular weight is 270 g/mol. The summed E-state index contributed by atoms with van der Waals surface area (Å²) in [6.45, 7) is 4.66. The molecular weight excluding hydrogens is 248 g/mol. The topological polar surface area (TPSA) is 55.1 Å². The first kappa shape index (κ1) is 14.6. The van der Waals surface area contributed by atoms with E-state index in [4.69, 9.17) is 5.73 Å². The van der Waals surface area contributed by atoms with Crippen molar-refractivity contribution < 1.29 is 4.79 Å². The van der Waals surface area contributed by atoms with Crippen molar-refractivity contribution in [3.8, 4) is 11.8 Å². The second-order valence-electron chi connectivity index (χ2n) is 5.97. The number of nitrogens with two attached hydrogens (primary N) is 1. The molecule has 0 aliphatic heterocycles. The molecule has 1 aromatic carbocycles. The molecule has 0 radical (unpaired) electrons. The fraction of sp³-hybridized carbons (Fsp3) is 0.471. The van der Waals surface area contributed by atoms with Gasteiger partial charge in [0.1, 0.15) is 0 Å². The molecule has 1 aliphatic carbocycles. The van der Waals surface area contributed by atoms with E-state index in [1.165, 1.54) is 0 Å². The molecule has 0 heterocycles. The molecule has 1 fully saturated rings. The van der Waals surface area contributed by atoms with Crippen molar-refractivity contribution in [2.75, 3.05) is 11.9 Å². The number of amides is 1. The van der Waals surface area contributed by atoms with Crippen molar-refractivity contribution in [3.63, 3.8) is 0 Å². The fourth-order valence-corrected chi connectivity index (χ4v) is 2.88. The maximum Gasteiger partial charge on any atom is 0.228 e. The highest BCUT2D eigenvalue weighted by atomic mass is 16.1. The summed E-state index contributed by atoms with van der Waals surface area (Å²) in [6, 6.07) is 7.61. The van der Waals surface area contributed by atoms with E-state index in [0.29, 0.717) is 6.54 Å². The minimum atomic E-state index is 0.0815. The largest absolute Gasteiger partial charge is 0.325 e. The third-order valence-corrected chi connectivity index (χ3v) is 4.08. The molecule has 1 amide bonds. The summed E-state index contributed by atoms with van der Waals surface area (Å²) in [5.74, 6) is 6.02. The molecule has 0 bridgehead atoms. The maximum atomic E-state index is 12.5. The number of rotatable bonds is 2. The van der Waals surface area contributed by atoms with Gasteiger partial charge in [-0.25, -0.2) is 0 Å². The standard InChI is InChI=1S/C17H22N2O/c1-17(2)11-5-9-14(17)16(20)19-15-10-4-3-7-13(15)8-6-12-18/h3-4,7,10,14H,5,9,11-12,18H2,1-2H3,(H,19,20). The number of carbonyl (C=O) groups excluding carboxylic acids is 1. The van der Waals surface area contributed by atoms with Crippen LogP contribution < -0.4 is 11.1 Å². The van der Waals surface area contributed by atoms with Crippen LogP contribution in [0.3, 0.4) is 0 Å². The average Bonchev–Trinajstić information content (AvgIpc) is 2.77. The number of hydrogen-bond acceptors (Lipinski definition) is 2. The van der Waals surface area contributed by atoms with E-state index >= 15 is 0 Å². The lowest BCUT2D eigenvalue weighted by molar-refractivity contribution is -0.122. The first-order valence-corrected chi connectivity index (χ1v) is 7.13. The quantitative estimate of drug-likeness (QED) is 0.812. The van der Waals surface area contributed by atoms with Crippen molar-refractivity contribution in [3.05, 3.63) is 29.8 Å². The van der Waals surface area contributed by atoms with Crippen molar-refractivity contribution >= 4 is 11.6 Å². The van der Waals surface area contributed by atoms with E-state index < -0.39 is 0 Å². The van der Waals surface area contributed by atoms with Gasteiger partial charge in [0.25, 0.3) is 0 Å². The summed E-state index contributed by atoms with van der Waals surface area (Å²) >= 11 is 0. The zero-order valence-electron chi connectivity index (χ0n) is 12.2. The van der Waals surface area contributed by atoms with E-state index in [0.717, 1.165) is 30.5 Å². The van der Waals surface area contributed by atoms with E-state index in [1.807, 2.05) is 24.3 Å². The Bertz CT molecular complexity index is 552. The second-order valence-corrected chi connectivity index (χ2v) is 5.97. The van der Waals surface area contributed by atoms with Crippen molar-refractivity contribution in [2.45, 2.75) is 33.1 Å². The lowest BCUT2D eigenvalue weighted by Gasteiger charge is -2.26. The predicted molar refractivity (Wildman–Crippen MR) is 82.1 cm³/mol. The summed E-state index contributed by atoms with van der Waals surface area (Å²) in [5.41, 5.74) is 7.09. The molecule has 2 rings (SSSR count). The van der Waals surface area contributed by atoms with Crippen LogP contribution in [0.25, 0.3) is 0 Å². The van der Waals surface area contributed by atoms with Gasteiger partial charge in [-0.2, -0.15) is 0 Å². The first-order chi connectivity index (χ1) is 9.54. The Morgan fingerprint density at radius 2 is 2.20 bits per heavy atom.